The van der Waals surface area contributed by atoms with Gasteiger partial charge in [0.25, 0.3) is 0 Å². The van der Waals surface area contributed by atoms with Crippen LogP contribution in [-0.2, 0) is 19.1 Å². The van der Waals surface area contributed by atoms with Crippen LogP contribution in [0.1, 0.15) is 40.0 Å². The van der Waals surface area contributed by atoms with Crippen LogP contribution in [0.5, 0.6) is 0 Å². The Labute approximate surface area is 189 Å². The third-order valence-corrected chi connectivity index (χ3v) is 4.04. The van der Waals surface area contributed by atoms with Crippen LogP contribution in [0.3, 0.4) is 0 Å². The first kappa shape index (κ1) is 24.6. The minimum absolute atomic E-state index is 0.0383. The minimum Gasteiger partial charge on any atom is -0.462 e. The van der Waals surface area contributed by atoms with Crippen LogP contribution in [0.2, 0.25) is 0 Å². The third-order valence-electron chi connectivity index (χ3n) is 4.04. The number of carbonyl (C=O) groups excluding carboxylic acids is 4. The second-order valence-electron chi connectivity index (χ2n) is 6.55. The fourth-order valence-corrected chi connectivity index (χ4v) is 2.49. The van der Waals surface area contributed by atoms with Crippen LogP contribution in [0.15, 0.2) is 48.5 Å². The largest absolute Gasteiger partial charge is 0.462 e. The van der Waals surface area contributed by atoms with Crippen molar-refractivity contribution in [3.05, 3.63) is 59.7 Å². The van der Waals surface area contributed by atoms with Crippen molar-refractivity contribution in [2.45, 2.75) is 19.3 Å². The molecule has 168 valence electrons. The van der Waals surface area contributed by atoms with Crippen LogP contribution in [0.4, 0.5) is 11.4 Å². The van der Waals surface area contributed by atoms with Gasteiger partial charge < -0.3 is 20.1 Å². The van der Waals surface area contributed by atoms with E-state index in [9.17, 15) is 19.2 Å². The van der Waals surface area contributed by atoms with E-state index in [1.807, 2.05) is 0 Å². The predicted molar refractivity (Wildman–Crippen MR) is 116 cm³/mol. The van der Waals surface area contributed by atoms with Crippen molar-refractivity contribution in [1.29, 1.82) is 10.5 Å². The molecule has 0 unspecified atom stereocenters. The second-order valence-corrected chi connectivity index (χ2v) is 6.55. The SMILES string of the molecule is N#CCC(=O)Nc1ccc(C(=O)OCCCOC(=O)c2ccc(NC(=O)CC#N)cc2)cc1. The highest BCUT2D eigenvalue weighted by Crippen LogP contribution is 2.12. The molecule has 2 amide bonds. The molecule has 0 aliphatic heterocycles. The fourth-order valence-electron chi connectivity index (χ4n) is 2.49. The van der Waals surface area contributed by atoms with Gasteiger partial charge in [-0.3, -0.25) is 9.59 Å². The molecule has 0 aliphatic rings. The average Bonchev–Trinajstić information content (AvgIpc) is 2.80. The van der Waals surface area contributed by atoms with Crippen molar-refractivity contribution in [2.24, 2.45) is 0 Å². The first-order valence-corrected chi connectivity index (χ1v) is 9.81. The molecule has 0 atom stereocenters. The molecular weight excluding hydrogens is 428 g/mol. The van der Waals surface area contributed by atoms with Crippen molar-refractivity contribution in [2.75, 3.05) is 23.8 Å². The molecule has 10 heteroatoms. The highest BCUT2D eigenvalue weighted by atomic mass is 16.5. The van der Waals surface area contributed by atoms with E-state index < -0.39 is 23.8 Å². The highest BCUT2D eigenvalue weighted by molar-refractivity contribution is 5.94. The Morgan fingerprint density at radius 3 is 1.36 bits per heavy atom. The molecule has 0 bridgehead atoms. The molecule has 0 aromatic heterocycles. The van der Waals surface area contributed by atoms with Gasteiger partial charge in [0.1, 0.15) is 12.8 Å². The summed E-state index contributed by atoms with van der Waals surface area (Å²) in [5, 5.41) is 22.0. The van der Waals surface area contributed by atoms with Crippen molar-refractivity contribution >= 4 is 35.1 Å². The number of hydrogen-bond donors (Lipinski definition) is 2. The Balaban J connectivity index is 1.69. The van der Waals surface area contributed by atoms with Gasteiger partial charge in [0.2, 0.25) is 11.8 Å². The number of rotatable bonds is 10. The van der Waals surface area contributed by atoms with Crippen LogP contribution in [0, 0.1) is 22.7 Å². The summed E-state index contributed by atoms with van der Waals surface area (Å²) < 4.78 is 10.2. The van der Waals surface area contributed by atoms with Crippen LogP contribution < -0.4 is 10.6 Å². The maximum atomic E-state index is 12.0. The lowest BCUT2D eigenvalue weighted by molar-refractivity contribution is -0.116. The molecule has 0 heterocycles. The summed E-state index contributed by atoms with van der Waals surface area (Å²) in [4.78, 5) is 46.8. The van der Waals surface area contributed by atoms with Crippen molar-refractivity contribution < 1.29 is 28.7 Å². The van der Waals surface area contributed by atoms with Gasteiger partial charge in [-0.15, -0.1) is 0 Å². The van der Waals surface area contributed by atoms with Crippen LogP contribution in [-0.4, -0.2) is 37.0 Å². The molecule has 10 nitrogen and oxygen atoms in total. The predicted octanol–water partition coefficient (Wildman–Crippen LogP) is 2.79. The van der Waals surface area contributed by atoms with Crippen molar-refractivity contribution in [3.8, 4) is 12.1 Å². The number of benzene rings is 2. The first-order valence-electron chi connectivity index (χ1n) is 9.81. The van der Waals surface area contributed by atoms with Crippen molar-refractivity contribution in [1.82, 2.24) is 0 Å². The summed E-state index contributed by atoms with van der Waals surface area (Å²) in [6.07, 6.45) is -0.232. The summed E-state index contributed by atoms with van der Waals surface area (Å²) in [7, 11) is 0. The summed E-state index contributed by atoms with van der Waals surface area (Å²) in [6, 6.07) is 15.5. The monoisotopic (exact) mass is 448 g/mol. The van der Waals surface area contributed by atoms with Gasteiger partial charge in [-0.25, -0.2) is 9.59 Å². The van der Waals surface area contributed by atoms with Gasteiger partial charge in [-0.2, -0.15) is 10.5 Å². The van der Waals surface area contributed by atoms with Gasteiger partial charge in [0.05, 0.1) is 36.5 Å². The molecule has 2 aromatic carbocycles. The maximum Gasteiger partial charge on any atom is 0.338 e. The zero-order chi connectivity index (χ0) is 24.1. The highest BCUT2D eigenvalue weighted by Gasteiger charge is 2.10. The maximum absolute atomic E-state index is 12.0. The van der Waals surface area contributed by atoms with Gasteiger partial charge in [0, 0.05) is 17.8 Å². The molecule has 0 fully saturated rings. The van der Waals surface area contributed by atoms with E-state index >= 15 is 0 Å². The number of nitriles is 2. The standard InChI is InChI=1S/C23H20N4O6/c24-12-10-20(28)26-18-6-2-16(3-7-18)22(30)32-14-1-15-33-23(31)17-4-8-19(9-5-17)27-21(29)11-13-25/h2-9H,1,10-11,14-15H2,(H,26,28)(H,27,29). The molecule has 0 aliphatic carbocycles. The van der Waals surface area contributed by atoms with Gasteiger partial charge in [-0.05, 0) is 48.5 Å². The number of nitrogens with zero attached hydrogens (tertiary/aromatic N) is 2. The zero-order valence-electron chi connectivity index (χ0n) is 17.5. The normalized spacial score (nSPS) is 9.64. The lowest BCUT2D eigenvalue weighted by atomic mass is 10.2. The summed E-state index contributed by atoms with van der Waals surface area (Å²) in [6.45, 7) is 0.0767. The number of hydrogen-bond acceptors (Lipinski definition) is 8. The van der Waals surface area contributed by atoms with Gasteiger partial charge in [-0.1, -0.05) is 0 Å². The van der Waals surface area contributed by atoms with E-state index in [2.05, 4.69) is 10.6 Å². The minimum atomic E-state index is -0.565. The Morgan fingerprint density at radius 2 is 1.03 bits per heavy atom. The number of amides is 2. The molecular formula is C23H20N4O6. The summed E-state index contributed by atoms with van der Waals surface area (Å²) >= 11 is 0. The second kappa shape index (κ2) is 12.9. The molecule has 33 heavy (non-hydrogen) atoms. The molecule has 0 saturated heterocycles. The van der Waals surface area contributed by atoms with E-state index in [4.69, 9.17) is 20.0 Å². The Kier molecular flexibility index (Phi) is 9.58. The average molecular weight is 448 g/mol. The van der Waals surface area contributed by atoms with E-state index in [1.165, 1.54) is 48.5 Å². The number of anilines is 2. The first-order chi connectivity index (χ1) is 15.9. The van der Waals surface area contributed by atoms with Gasteiger partial charge in [0.15, 0.2) is 0 Å². The van der Waals surface area contributed by atoms with E-state index in [-0.39, 0.29) is 37.2 Å². The third kappa shape index (κ3) is 8.52. The number of ether oxygens (including phenoxy) is 2. The lowest BCUT2D eigenvalue weighted by Gasteiger charge is -2.08. The van der Waals surface area contributed by atoms with Crippen LogP contribution in [0.25, 0.3) is 0 Å². The van der Waals surface area contributed by atoms with E-state index in [0.717, 1.165) is 0 Å². The topological polar surface area (TPSA) is 158 Å². The van der Waals surface area contributed by atoms with Crippen molar-refractivity contribution in [3.63, 3.8) is 0 Å². The van der Waals surface area contributed by atoms with E-state index in [0.29, 0.717) is 17.8 Å². The van der Waals surface area contributed by atoms with Gasteiger partial charge >= 0.3 is 11.9 Å². The summed E-state index contributed by atoms with van der Waals surface area (Å²) in [5.41, 5.74) is 1.48. The molecule has 0 saturated carbocycles. The lowest BCUT2D eigenvalue weighted by Crippen LogP contribution is -2.12. The molecule has 2 rings (SSSR count). The Hall–Kier alpha value is -4.70. The fraction of sp³-hybridized carbons (Fsp3) is 0.217. The van der Waals surface area contributed by atoms with Crippen LogP contribution >= 0.6 is 0 Å². The summed E-state index contributed by atoms with van der Waals surface area (Å²) in [5.74, 6) is -2.02. The quantitative estimate of drug-likeness (QED) is 0.415. The molecule has 2 aromatic rings. The zero-order valence-corrected chi connectivity index (χ0v) is 17.5. The number of esters is 2. The van der Waals surface area contributed by atoms with E-state index in [1.54, 1.807) is 12.1 Å². The number of nitrogens with one attached hydrogen (secondary N) is 2. The Morgan fingerprint density at radius 1 is 0.667 bits per heavy atom. The molecule has 2 N–H and O–H groups in total. The number of carbonyl (C=O) groups is 4. The molecule has 0 spiro atoms. The Bertz CT molecular complexity index is 994. The smallest absolute Gasteiger partial charge is 0.338 e. The molecule has 0 radical (unpaired) electrons.